The number of hydrogen-bond acceptors (Lipinski definition) is 9. The molecule has 0 saturated carbocycles. The fourth-order valence-corrected chi connectivity index (χ4v) is 3.71. The van der Waals surface area contributed by atoms with Crippen LogP contribution in [0.1, 0.15) is 24.6 Å². The van der Waals surface area contributed by atoms with Crippen LogP contribution >= 0.6 is 0 Å². The maximum absolute atomic E-state index is 14.6. The molecule has 0 spiro atoms. The van der Waals surface area contributed by atoms with Crippen molar-refractivity contribution in [2.75, 3.05) is 11.1 Å². The van der Waals surface area contributed by atoms with Gasteiger partial charge in [-0.2, -0.15) is 4.98 Å². The minimum Gasteiger partial charge on any atom is -0.383 e. The summed E-state index contributed by atoms with van der Waals surface area (Å²) in [6.45, 7) is 3.48. The van der Waals surface area contributed by atoms with E-state index in [2.05, 4.69) is 30.4 Å². The van der Waals surface area contributed by atoms with Crippen LogP contribution in [0.4, 0.5) is 16.0 Å². The van der Waals surface area contributed by atoms with Crippen molar-refractivity contribution in [1.82, 2.24) is 29.7 Å². The van der Waals surface area contributed by atoms with E-state index in [1.807, 2.05) is 6.07 Å². The van der Waals surface area contributed by atoms with Crippen molar-refractivity contribution in [2.24, 2.45) is 0 Å². The van der Waals surface area contributed by atoms with Crippen LogP contribution in [0, 0.1) is 12.7 Å². The number of nitrogens with zero attached hydrogens (tertiary/aromatic N) is 6. The van der Waals surface area contributed by atoms with E-state index < -0.39 is 17.4 Å². The Bertz CT molecular complexity index is 1570. The SMILES string of the molecule is Cc1noc(-c2c(N)ncnc2NC(C)c2nc3cccc(F)c3c(=O)n2-c2ccccc2)n1. The Balaban J connectivity index is 1.68. The third-order valence-electron chi connectivity index (χ3n) is 5.25. The van der Waals surface area contributed by atoms with Crippen molar-refractivity contribution >= 4 is 22.5 Å². The molecule has 1 unspecified atom stereocenters. The minimum absolute atomic E-state index is 0.0874. The number of fused-ring (bicyclic) bond motifs is 1. The monoisotopic (exact) mass is 458 g/mol. The van der Waals surface area contributed by atoms with Crippen molar-refractivity contribution in [1.29, 1.82) is 0 Å². The predicted octanol–water partition coefficient (Wildman–Crippen LogP) is 3.43. The lowest BCUT2D eigenvalue weighted by Gasteiger charge is -2.21. The summed E-state index contributed by atoms with van der Waals surface area (Å²) in [6.07, 6.45) is 1.30. The number of halogens is 1. The van der Waals surface area contributed by atoms with Gasteiger partial charge in [0.05, 0.1) is 17.2 Å². The number of nitrogens with one attached hydrogen (secondary N) is 1. The molecule has 3 heterocycles. The lowest BCUT2D eigenvalue weighted by atomic mass is 10.2. The number of aromatic nitrogens is 6. The summed E-state index contributed by atoms with van der Waals surface area (Å²) in [4.78, 5) is 30.6. The smallest absolute Gasteiger partial charge is 0.269 e. The zero-order valence-corrected chi connectivity index (χ0v) is 18.2. The van der Waals surface area contributed by atoms with E-state index in [1.165, 1.54) is 23.0 Å². The molecule has 5 rings (SSSR count). The Hall–Kier alpha value is -4.67. The topological polar surface area (TPSA) is 138 Å². The first kappa shape index (κ1) is 21.2. The first-order chi connectivity index (χ1) is 16.4. The Kier molecular flexibility index (Phi) is 5.21. The van der Waals surface area contributed by atoms with Crippen LogP contribution in [-0.2, 0) is 0 Å². The third kappa shape index (κ3) is 3.62. The van der Waals surface area contributed by atoms with E-state index in [0.29, 0.717) is 28.7 Å². The lowest BCUT2D eigenvalue weighted by Crippen LogP contribution is -2.28. The van der Waals surface area contributed by atoms with Crippen LogP contribution in [-0.4, -0.2) is 29.7 Å². The van der Waals surface area contributed by atoms with Gasteiger partial charge in [0.1, 0.15) is 40.6 Å². The molecule has 10 nitrogen and oxygen atoms in total. The summed E-state index contributed by atoms with van der Waals surface area (Å²) in [7, 11) is 0. The molecule has 0 saturated heterocycles. The zero-order chi connectivity index (χ0) is 23.8. The summed E-state index contributed by atoms with van der Waals surface area (Å²) in [5.74, 6) is 0.746. The summed E-state index contributed by atoms with van der Waals surface area (Å²) >= 11 is 0. The number of para-hydroxylation sites is 1. The normalized spacial score (nSPS) is 12.1. The average molecular weight is 458 g/mol. The first-order valence-electron chi connectivity index (χ1n) is 10.4. The maximum atomic E-state index is 14.6. The summed E-state index contributed by atoms with van der Waals surface area (Å²) in [6, 6.07) is 12.7. The first-order valence-corrected chi connectivity index (χ1v) is 10.4. The van der Waals surface area contributed by atoms with E-state index in [4.69, 9.17) is 10.3 Å². The van der Waals surface area contributed by atoms with Crippen LogP contribution in [0.5, 0.6) is 0 Å². The summed E-state index contributed by atoms with van der Waals surface area (Å²) in [5, 5.41) is 6.93. The summed E-state index contributed by atoms with van der Waals surface area (Å²) < 4.78 is 21.2. The van der Waals surface area contributed by atoms with Gasteiger partial charge < -0.3 is 15.6 Å². The van der Waals surface area contributed by atoms with Crippen molar-refractivity contribution in [2.45, 2.75) is 19.9 Å². The fraction of sp³-hybridized carbons (Fsp3) is 0.130. The molecule has 34 heavy (non-hydrogen) atoms. The standard InChI is InChI=1S/C23H19FN8O2/c1-12(28-20-18(19(25)26-11-27-20)22-29-13(2)31-34-22)21-30-16-10-6-9-15(24)17(16)23(33)32(21)14-7-4-3-5-8-14/h3-12H,1-2H3,(H3,25,26,27,28). The second kappa shape index (κ2) is 8.35. The number of anilines is 2. The van der Waals surface area contributed by atoms with Gasteiger partial charge >= 0.3 is 0 Å². The highest BCUT2D eigenvalue weighted by Gasteiger charge is 2.23. The molecule has 0 aliphatic carbocycles. The highest BCUT2D eigenvalue weighted by molar-refractivity contribution is 5.80. The van der Waals surface area contributed by atoms with E-state index in [9.17, 15) is 9.18 Å². The molecule has 0 aliphatic rings. The molecule has 0 bridgehead atoms. The molecule has 2 aromatic carbocycles. The fourth-order valence-electron chi connectivity index (χ4n) is 3.71. The van der Waals surface area contributed by atoms with E-state index in [0.717, 1.165) is 0 Å². The van der Waals surface area contributed by atoms with Gasteiger partial charge in [-0.25, -0.2) is 19.3 Å². The molecule has 3 aromatic heterocycles. The Labute approximate surface area is 192 Å². The number of aryl methyl sites for hydroxylation is 1. The third-order valence-corrected chi connectivity index (χ3v) is 5.25. The van der Waals surface area contributed by atoms with Gasteiger partial charge in [0.25, 0.3) is 11.4 Å². The Morgan fingerprint density at radius 1 is 1.09 bits per heavy atom. The number of benzene rings is 2. The quantitative estimate of drug-likeness (QED) is 0.406. The summed E-state index contributed by atoms with van der Waals surface area (Å²) in [5.41, 5.74) is 6.68. The van der Waals surface area contributed by atoms with Gasteiger partial charge in [-0.05, 0) is 38.1 Å². The van der Waals surface area contributed by atoms with Crippen LogP contribution < -0.4 is 16.6 Å². The zero-order valence-electron chi connectivity index (χ0n) is 18.2. The largest absolute Gasteiger partial charge is 0.383 e. The molecule has 170 valence electrons. The maximum Gasteiger partial charge on any atom is 0.269 e. The van der Waals surface area contributed by atoms with Crippen LogP contribution in [0.2, 0.25) is 0 Å². The highest BCUT2D eigenvalue weighted by Crippen LogP contribution is 2.31. The van der Waals surface area contributed by atoms with Crippen molar-refractivity contribution in [3.8, 4) is 17.1 Å². The van der Waals surface area contributed by atoms with Gasteiger partial charge in [-0.1, -0.05) is 29.4 Å². The molecule has 0 aliphatic heterocycles. The Morgan fingerprint density at radius 2 is 1.88 bits per heavy atom. The average Bonchev–Trinajstić information content (AvgIpc) is 3.25. The van der Waals surface area contributed by atoms with Crippen LogP contribution in [0.3, 0.4) is 0 Å². The highest BCUT2D eigenvalue weighted by atomic mass is 19.1. The van der Waals surface area contributed by atoms with Gasteiger partial charge in [0.15, 0.2) is 5.82 Å². The van der Waals surface area contributed by atoms with Crippen molar-refractivity contribution in [3.63, 3.8) is 0 Å². The molecule has 3 N–H and O–H groups in total. The van der Waals surface area contributed by atoms with E-state index >= 15 is 0 Å². The molecule has 0 radical (unpaired) electrons. The molecule has 0 fully saturated rings. The molecule has 11 heteroatoms. The number of rotatable bonds is 5. The number of nitrogen functional groups attached to an aromatic ring is 1. The number of hydrogen-bond donors (Lipinski definition) is 2. The van der Waals surface area contributed by atoms with Gasteiger partial charge in [0.2, 0.25) is 0 Å². The molecule has 1 atom stereocenters. The second-order valence-electron chi connectivity index (χ2n) is 7.58. The van der Waals surface area contributed by atoms with Gasteiger partial charge in [-0.3, -0.25) is 9.36 Å². The predicted molar refractivity (Wildman–Crippen MR) is 124 cm³/mol. The molecular weight excluding hydrogens is 439 g/mol. The lowest BCUT2D eigenvalue weighted by molar-refractivity contribution is 0.425. The van der Waals surface area contributed by atoms with Crippen molar-refractivity contribution in [3.05, 3.63) is 82.7 Å². The van der Waals surface area contributed by atoms with Crippen LogP contribution in [0.25, 0.3) is 28.0 Å². The van der Waals surface area contributed by atoms with Gasteiger partial charge in [-0.15, -0.1) is 0 Å². The minimum atomic E-state index is -0.635. The van der Waals surface area contributed by atoms with Crippen molar-refractivity contribution < 1.29 is 8.91 Å². The molecular formula is C23H19FN8O2. The molecule has 0 amide bonds. The molecule has 5 aromatic rings. The van der Waals surface area contributed by atoms with E-state index in [-0.39, 0.29) is 22.6 Å². The second-order valence-corrected chi connectivity index (χ2v) is 7.58. The van der Waals surface area contributed by atoms with E-state index in [1.54, 1.807) is 44.2 Å². The van der Waals surface area contributed by atoms with Crippen LogP contribution in [0.15, 0.2) is 64.2 Å². The number of nitrogens with two attached hydrogens (primary N) is 1. The van der Waals surface area contributed by atoms with Gasteiger partial charge in [0, 0.05) is 0 Å². The Morgan fingerprint density at radius 3 is 2.62 bits per heavy atom.